The van der Waals surface area contributed by atoms with Crippen LogP contribution in [0.15, 0.2) is 5.38 Å². The highest BCUT2D eigenvalue weighted by Crippen LogP contribution is 2.38. The molecule has 1 aliphatic heterocycles. The van der Waals surface area contributed by atoms with Gasteiger partial charge in [0.15, 0.2) is 5.13 Å². The molecule has 3 nitrogen and oxygen atoms in total. The van der Waals surface area contributed by atoms with Crippen molar-refractivity contribution in [2.45, 2.75) is 52.5 Å². The van der Waals surface area contributed by atoms with Crippen LogP contribution < -0.4 is 10.2 Å². The third-order valence-corrected chi connectivity index (χ3v) is 5.91. The normalized spacial score (nSPS) is 26.1. The second-order valence-corrected chi connectivity index (χ2v) is 8.02. The summed E-state index contributed by atoms with van der Waals surface area (Å²) in [6.07, 6.45) is 7.20. The van der Waals surface area contributed by atoms with Gasteiger partial charge >= 0.3 is 0 Å². The van der Waals surface area contributed by atoms with Crippen LogP contribution in [0, 0.1) is 17.8 Å². The Morgan fingerprint density at radius 2 is 2.10 bits per heavy atom. The molecule has 2 aliphatic rings. The molecule has 1 saturated heterocycles. The zero-order valence-electron chi connectivity index (χ0n) is 13.5. The molecule has 0 bridgehead atoms. The monoisotopic (exact) mass is 307 g/mol. The molecule has 2 atom stereocenters. The number of hydrogen-bond acceptors (Lipinski definition) is 4. The van der Waals surface area contributed by atoms with E-state index >= 15 is 0 Å². The van der Waals surface area contributed by atoms with Crippen LogP contribution in [0.3, 0.4) is 0 Å². The number of anilines is 1. The lowest BCUT2D eigenvalue weighted by Crippen LogP contribution is -2.41. The smallest absolute Gasteiger partial charge is 0.185 e. The number of fused-ring (bicyclic) bond motifs is 1. The molecule has 0 spiro atoms. The number of rotatable bonds is 5. The van der Waals surface area contributed by atoms with Crippen molar-refractivity contribution in [3.8, 4) is 0 Å². The zero-order valence-corrected chi connectivity index (χ0v) is 14.3. The molecule has 1 saturated carbocycles. The Hall–Kier alpha value is -0.610. The SMILES string of the molecule is CC(C)CNCc1csc(N2CCC3CCCCC3C2)n1. The molecule has 0 aromatic carbocycles. The number of nitrogens with zero attached hydrogens (tertiary/aromatic N) is 2. The van der Waals surface area contributed by atoms with Crippen molar-refractivity contribution in [3.05, 3.63) is 11.1 Å². The van der Waals surface area contributed by atoms with Gasteiger partial charge in [-0.05, 0) is 37.1 Å². The molecule has 4 heteroatoms. The topological polar surface area (TPSA) is 28.2 Å². The number of piperidine rings is 1. The minimum Gasteiger partial charge on any atom is -0.348 e. The lowest BCUT2D eigenvalue weighted by atomic mass is 9.75. The van der Waals surface area contributed by atoms with Gasteiger partial charge in [0.25, 0.3) is 0 Å². The van der Waals surface area contributed by atoms with Crippen molar-refractivity contribution in [1.82, 2.24) is 10.3 Å². The Labute approximate surface area is 133 Å². The summed E-state index contributed by atoms with van der Waals surface area (Å²) in [5, 5.41) is 6.97. The Bertz CT molecular complexity index is 443. The Kier molecular flexibility index (Phi) is 5.17. The lowest BCUT2D eigenvalue weighted by molar-refractivity contribution is 0.202. The molecule has 1 N–H and O–H groups in total. The van der Waals surface area contributed by atoms with E-state index in [1.807, 2.05) is 11.3 Å². The van der Waals surface area contributed by atoms with Crippen molar-refractivity contribution in [2.75, 3.05) is 24.5 Å². The van der Waals surface area contributed by atoms with Crippen LogP contribution >= 0.6 is 11.3 Å². The second kappa shape index (κ2) is 7.10. The van der Waals surface area contributed by atoms with E-state index in [1.165, 1.54) is 56.0 Å². The minimum atomic E-state index is 0.702. The largest absolute Gasteiger partial charge is 0.348 e. The van der Waals surface area contributed by atoms with Crippen LogP contribution in [0.4, 0.5) is 5.13 Å². The zero-order chi connectivity index (χ0) is 14.7. The maximum absolute atomic E-state index is 4.85. The van der Waals surface area contributed by atoms with Gasteiger partial charge in [0, 0.05) is 25.0 Å². The standard InChI is InChI=1S/C17H29N3S/c1-13(2)9-18-10-16-12-21-17(19-16)20-8-7-14-5-3-4-6-15(14)11-20/h12-15,18H,3-11H2,1-2H3. The molecule has 3 rings (SSSR count). The fourth-order valence-electron chi connectivity index (χ4n) is 3.79. The summed E-state index contributed by atoms with van der Waals surface area (Å²) in [4.78, 5) is 7.40. The van der Waals surface area contributed by atoms with Gasteiger partial charge in [-0.15, -0.1) is 11.3 Å². The summed E-state index contributed by atoms with van der Waals surface area (Å²) < 4.78 is 0. The molecule has 2 fully saturated rings. The molecule has 118 valence electrons. The maximum Gasteiger partial charge on any atom is 0.185 e. The molecule has 2 heterocycles. The van der Waals surface area contributed by atoms with Gasteiger partial charge in [-0.3, -0.25) is 0 Å². The summed E-state index contributed by atoms with van der Waals surface area (Å²) in [5.74, 6) is 2.63. The van der Waals surface area contributed by atoms with E-state index in [0.29, 0.717) is 5.92 Å². The van der Waals surface area contributed by atoms with E-state index in [-0.39, 0.29) is 0 Å². The fourth-order valence-corrected chi connectivity index (χ4v) is 4.65. The highest BCUT2D eigenvalue weighted by molar-refractivity contribution is 7.13. The summed E-state index contributed by atoms with van der Waals surface area (Å²) in [5.41, 5.74) is 1.21. The predicted molar refractivity (Wildman–Crippen MR) is 90.9 cm³/mol. The third kappa shape index (κ3) is 3.98. The molecular weight excluding hydrogens is 278 g/mol. The van der Waals surface area contributed by atoms with Gasteiger partial charge in [0.1, 0.15) is 0 Å². The Morgan fingerprint density at radius 1 is 1.29 bits per heavy atom. The van der Waals surface area contributed by atoms with Crippen molar-refractivity contribution in [3.63, 3.8) is 0 Å². The van der Waals surface area contributed by atoms with Crippen molar-refractivity contribution in [1.29, 1.82) is 0 Å². The van der Waals surface area contributed by atoms with Crippen LogP contribution in [0.1, 0.15) is 51.6 Å². The van der Waals surface area contributed by atoms with E-state index in [2.05, 4.69) is 29.4 Å². The molecule has 21 heavy (non-hydrogen) atoms. The van der Waals surface area contributed by atoms with Crippen molar-refractivity contribution < 1.29 is 0 Å². The molecule has 0 radical (unpaired) electrons. The first-order valence-electron chi connectivity index (χ1n) is 8.62. The van der Waals surface area contributed by atoms with E-state index in [9.17, 15) is 0 Å². The van der Waals surface area contributed by atoms with E-state index in [1.54, 1.807) is 0 Å². The number of thiazole rings is 1. The lowest BCUT2D eigenvalue weighted by Gasteiger charge is -2.41. The average Bonchev–Trinajstić information content (AvgIpc) is 2.95. The highest BCUT2D eigenvalue weighted by Gasteiger charge is 2.31. The van der Waals surface area contributed by atoms with Gasteiger partial charge in [0.2, 0.25) is 0 Å². The number of nitrogens with one attached hydrogen (secondary N) is 1. The molecule has 1 aromatic rings. The summed E-state index contributed by atoms with van der Waals surface area (Å²) in [6.45, 7) is 8.93. The highest BCUT2D eigenvalue weighted by atomic mass is 32.1. The quantitative estimate of drug-likeness (QED) is 0.894. The first-order chi connectivity index (χ1) is 10.2. The molecular formula is C17H29N3S. The van der Waals surface area contributed by atoms with Gasteiger partial charge in [-0.1, -0.05) is 33.1 Å². The average molecular weight is 308 g/mol. The minimum absolute atomic E-state index is 0.702. The molecule has 1 aliphatic carbocycles. The van der Waals surface area contributed by atoms with E-state index in [0.717, 1.165) is 24.9 Å². The molecule has 2 unspecified atom stereocenters. The van der Waals surface area contributed by atoms with Crippen molar-refractivity contribution >= 4 is 16.5 Å². The maximum atomic E-state index is 4.85. The second-order valence-electron chi connectivity index (χ2n) is 7.19. The molecule has 0 amide bonds. The summed E-state index contributed by atoms with van der Waals surface area (Å²) >= 11 is 1.83. The Balaban J connectivity index is 1.53. The van der Waals surface area contributed by atoms with Gasteiger partial charge < -0.3 is 10.2 Å². The van der Waals surface area contributed by atoms with Crippen LogP contribution in [0.5, 0.6) is 0 Å². The van der Waals surface area contributed by atoms with Gasteiger partial charge in [-0.25, -0.2) is 4.98 Å². The number of aromatic nitrogens is 1. The van der Waals surface area contributed by atoms with Gasteiger partial charge in [0.05, 0.1) is 5.69 Å². The summed E-state index contributed by atoms with van der Waals surface area (Å²) in [6, 6.07) is 0. The van der Waals surface area contributed by atoms with Crippen LogP contribution in [0.25, 0.3) is 0 Å². The van der Waals surface area contributed by atoms with Crippen LogP contribution in [-0.2, 0) is 6.54 Å². The first-order valence-corrected chi connectivity index (χ1v) is 9.50. The fraction of sp³-hybridized carbons (Fsp3) is 0.824. The predicted octanol–water partition coefficient (Wildman–Crippen LogP) is 3.91. The number of hydrogen-bond donors (Lipinski definition) is 1. The van der Waals surface area contributed by atoms with Crippen molar-refractivity contribution in [2.24, 2.45) is 17.8 Å². The van der Waals surface area contributed by atoms with Crippen LogP contribution in [0.2, 0.25) is 0 Å². The first kappa shape index (κ1) is 15.3. The summed E-state index contributed by atoms with van der Waals surface area (Å²) in [7, 11) is 0. The van der Waals surface area contributed by atoms with E-state index in [4.69, 9.17) is 4.98 Å². The Morgan fingerprint density at radius 3 is 2.90 bits per heavy atom. The van der Waals surface area contributed by atoms with E-state index < -0.39 is 0 Å². The third-order valence-electron chi connectivity index (χ3n) is 4.96. The van der Waals surface area contributed by atoms with Crippen LogP contribution in [-0.4, -0.2) is 24.6 Å². The van der Waals surface area contributed by atoms with Gasteiger partial charge in [-0.2, -0.15) is 0 Å². The molecule has 1 aromatic heterocycles.